The molecule has 0 radical (unpaired) electrons. The van der Waals surface area contributed by atoms with Crippen LogP contribution in [0.2, 0.25) is 0 Å². The summed E-state index contributed by atoms with van der Waals surface area (Å²) in [7, 11) is 3.00. The molecule has 3 aromatic rings. The van der Waals surface area contributed by atoms with Crippen molar-refractivity contribution in [1.82, 2.24) is 14.3 Å². The van der Waals surface area contributed by atoms with Crippen molar-refractivity contribution in [1.29, 1.82) is 0 Å². The summed E-state index contributed by atoms with van der Waals surface area (Å²) in [4.78, 5) is 20.3. The maximum atomic E-state index is 15.1. The van der Waals surface area contributed by atoms with Crippen LogP contribution < -0.4 is 9.47 Å². The molecule has 0 bridgehead atoms. The van der Waals surface area contributed by atoms with E-state index in [1.54, 1.807) is 36.0 Å². The Labute approximate surface area is 196 Å². The normalized spacial score (nSPS) is 14.5. The van der Waals surface area contributed by atoms with Crippen molar-refractivity contribution in [2.24, 2.45) is 0 Å². The summed E-state index contributed by atoms with van der Waals surface area (Å²) < 4.78 is 33.1. The average molecular weight is 474 g/mol. The third-order valence-electron chi connectivity index (χ3n) is 5.28. The summed E-state index contributed by atoms with van der Waals surface area (Å²) in [6.45, 7) is 8.20. The molecule has 4 rings (SSSR count). The van der Waals surface area contributed by atoms with Crippen LogP contribution in [0.5, 0.6) is 11.5 Å². The lowest BCUT2D eigenvalue weighted by Crippen LogP contribution is -2.40. The number of benzene rings is 1. The predicted molar refractivity (Wildman–Crippen MR) is 126 cm³/mol. The lowest BCUT2D eigenvalue weighted by Gasteiger charge is -2.27. The van der Waals surface area contributed by atoms with Gasteiger partial charge in [-0.3, -0.25) is 9.20 Å². The van der Waals surface area contributed by atoms with Crippen molar-refractivity contribution >= 4 is 23.3 Å². The van der Waals surface area contributed by atoms with E-state index in [2.05, 4.69) is 25.8 Å². The number of halogens is 1. The van der Waals surface area contributed by atoms with Crippen molar-refractivity contribution in [2.75, 3.05) is 40.5 Å². The Bertz CT molecular complexity index is 1180. The van der Waals surface area contributed by atoms with Gasteiger partial charge in [-0.15, -0.1) is 11.8 Å². The number of rotatable bonds is 5. The van der Waals surface area contributed by atoms with E-state index in [9.17, 15) is 4.79 Å². The van der Waals surface area contributed by atoms with Crippen LogP contribution in [0.15, 0.2) is 35.5 Å². The van der Waals surface area contributed by atoms with Gasteiger partial charge in [0.05, 0.1) is 49.8 Å². The van der Waals surface area contributed by atoms with Gasteiger partial charge in [0.1, 0.15) is 11.4 Å². The molecular formula is C24H28FN3O4S. The zero-order valence-electron chi connectivity index (χ0n) is 19.5. The minimum Gasteiger partial charge on any atom is -0.495 e. The standard InChI is InChI=1S/C24H28FN3O4S/c1-24(2,3)33-20-14-28-18(13-26-21(28)12-19(20)30-4)15-10-16(22(31-5)17(25)11-15)23(29)27-6-8-32-9-7-27/h10-14H,6-9H2,1-5H3. The Morgan fingerprint density at radius 3 is 2.52 bits per heavy atom. The first-order valence-corrected chi connectivity index (χ1v) is 11.5. The van der Waals surface area contributed by atoms with Gasteiger partial charge >= 0.3 is 0 Å². The van der Waals surface area contributed by atoms with Crippen molar-refractivity contribution in [2.45, 2.75) is 30.4 Å². The van der Waals surface area contributed by atoms with Gasteiger partial charge in [-0.25, -0.2) is 9.37 Å². The molecule has 0 aliphatic carbocycles. The second-order valence-corrected chi connectivity index (χ2v) is 10.6. The number of methoxy groups -OCH3 is 2. The van der Waals surface area contributed by atoms with E-state index in [4.69, 9.17) is 14.2 Å². The first kappa shape index (κ1) is 23.4. The van der Waals surface area contributed by atoms with E-state index >= 15 is 4.39 Å². The Morgan fingerprint density at radius 2 is 1.88 bits per heavy atom. The van der Waals surface area contributed by atoms with Crippen LogP contribution in [0.4, 0.5) is 4.39 Å². The second-order valence-electron chi connectivity index (χ2n) is 8.74. The monoisotopic (exact) mass is 473 g/mol. The molecule has 1 aromatic carbocycles. The minimum atomic E-state index is -0.598. The highest BCUT2D eigenvalue weighted by molar-refractivity contribution is 8.00. The lowest BCUT2D eigenvalue weighted by molar-refractivity contribution is 0.0300. The maximum absolute atomic E-state index is 15.1. The molecule has 1 fully saturated rings. The quantitative estimate of drug-likeness (QED) is 0.508. The number of carbonyl (C=O) groups is 1. The fourth-order valence-corrected chi connectivity index (χ4v) is 4.87. The van der Waals surface area contributed by atoms with Crippen molar-refractivity contribution in [3.8, 4) is 22.8 Å². The molecule has 2 aromatic heterocycles. The highest BCUT2D eigenvalue weighted by Gasteiger charge is 2.26. The SMILES string of the molecule is COc1cc2ncc(-c3cc(F)c(OC)c(C(=O)N4CCOCC4)c3)n2cc1SC(C)(C)C. The third kappa shape index (κ3) is 4.79. The van der Waals surface area contributed by atoms with Crippen molar-refractivity contribution in [3.05, 3.63) is 42.0 Å². The Balaban J connectivity index is 1.83. The number of thioether (sulfide) groups is 1. The van der Waals surface area contributed by atoms with Crippen LogP contribution >= 0.6 is 11.8 Å². The molecule has 1 amide bonds. The van der Waals surface area contributed by atoms with Gasteiger partial charge in [0.25, 0.3) is 5.91 Å². The molecule has 1 saturated heterocycles. The highest BCUT2D eigenvalue weighted by atomic mass is 32.2. The minimum absolute atomic E-state index is 0.0360. The highest BCUT2D eigenvalue weighted by Crippen LogP contribution is 2.39. The second kappa shape index (κ2) is 9.23. The van der Waals surface area contributed by atoms with Crippen LogP contribution in [-0.2, 0) is 4.74 Å². The zero-order chi connectivity index (χ0) is 23.8. The molecular weight excluding hydrogens is 445 g/mol. The molecule has 1 aliphatic rings. The van der Waals surface area contributed by atoms with Crippen molar-refractivity contribution in [3.63, 3.8) is 0 Å². The van der Waals surface area contributed by atoms with E-state index in [0.29, 0.717) is 43.2 Å². The van der Waals surface area contributed by atoms with Crippen LogP contribution in [-0.4, -0.2) is 65.5 Å². The number of nitrogens with zero attached hydrogens (tertiary/aromatic N) is 3. The molecule has 0 atom stereocenters. The van der Waals surface area contributed by atoms with E-state index in [0.717, 1.165) is 10.6 Å². The first-order valence-electron chi connectivity index (χ1n) is 10.7. The molecule has 176 valence electrons. The summed E-state index contributed by atoms with van der Waals surface area (Å²) in [5.41, 5.74) is 2.05. The number of hydrogen-bond donors (Lipinski definition) is 0. The number of morpholine rings is 1. The molecule has 3 heterocycles. The smallest absolute Gasteiger partial charge is 0.257 e. The Morgan fingerprint density at radius 1 is 1.15 bits per heavy atom. The van der Waals surface area contributed by atoms with Crippen LogP contribution in [0.3, 0.4) is 0 Å². The van der Waals surface area contributed by atoms with Gasteiger partial charge < -0.3 is 19.1 Å². The van der Waals surface area contributed by atoms with Crippen molar-refractivity contribution < 1.29 is 23.4 Å². The number of hydrogen-bond acceptors (Lipinski definition) is 6. The number of carbonyl (C=O) groups excluding carboxylic acids is 1. The summed E-state index contributed by atoms with van der Waals surface area (Å²) >= 11 is 1.67. The van der Waals surface area contributed by atoms with E-state index in [-0.39, 0.29) is 22.0 Å². The van der Waals surface area contributed by atoms with Gasteiger partial charge in [-0.1, -0.05) is 20.8 Å². The predicted octanol–water partition coefficient (Wildman–Crippen LogP) is 4.52. The molecule has 7 nitrogen and oxygen atoms in total. The van der Waals surface area contributed by atoms with Gasteiger partial charge in [-0.2, -0.15) is 0 Å². The summed E-state index contributed by atoms with van der Waals surface area (Å²) in [6.07, 6.45) is 3.61. The average Bonchev–Trinajstić information content (AvgIpc) is 3.19. The zero-order valence-corrected chi connectivity index (χ0v) is 20.3. The number of fused-ring (bicyclic) bond motifs is 1. The number of pyridine rings is 1. The van der Waals surface area contributed by atoms with E-state index in [1.165, 1.54) is 13.2 Å². The van der Waals surface area contributed by atoms with Crippen LogP contribution in [0, 0.1) is 5.82 Å². The third-order valence-corrected chi connectivity index (χ3v) is 6.42. The summed E-state index contributed by atoms with van der Waals surface area (Å²) in [6, 6.07) is 4.90. The number of amides is 1. The maximum Gasteiger partial charge on any atom is 0.257 e. The molecule has 1 aliphatic heterocycles. The number of imidazole rings is 1. The Kier molecular flexibility index (Phi) is 6.54. The fraction of sp³-hybridized carbons (Fsp3) is 0.417. The van der Waals surface area contributed by atoms with Gasteiger partial charge in [0, 0.05) is 35.7 Å². The number of ether oxygens (including phenoxy) is 3. The van der Waals surface area contributed by atoms with Gasteiger partial charge in [0.15, 0.2) is 11.6 Å². The molecule has 0 unspecified atom stereocenters. The van der Waals surface area contributed by atoms with E-state index < -0.39 is 5.82 Å². The molecule has 0 N–H and O–H groups in total. The molecule has 0 saturated carbocycles. The largest absolute Gasteiger partial charge is 0.495 e. The topological polar surface area (TPSA) is 65.3 Å². The summed E-state index contributed by atoms with van der Waals surface area (Å²) in [5, 5.41) is 0. The first-order chi connectivity index (χ1) is 15.7. The van der Waals surface area contributed by atoms with Crippen LogP contribution in [0.1, 0.15) is 31.1 Å². The lowest BCUT2D eigenvalue weighted by atomic mass is 10.1. The summed E-state index contributed by atoms with van der Waals surface area (Å²) in [5.74, 6) is -0.215. The number of aromatic nitrogens is 2. The Hall–Kier alpha value is -2.78. The van der Waals surface area contributed by atoms with Gasteiger partial charge in [-0.05, 0) is 12.1 Å². The van der Waals surface area contributed by atoms with E-state index in [1.807, 2.05) is 16.7 Å². The molecule has 9 heteroatoms. The van der Waals surface area contributed by atoms with Gasteiger partial charge in [0.2, 0.25) is 0 Å². The molecule has 0 spiro atoms. The molecule has 33 heavy (non-hydrogen) atoms. The van der Waals surface area contributed by atoms with Crippen LogP contribution in [0.25, 0.3) is 16.9 Å². The fourth-order valence-electron chi connectivity index (χ4n) is 3.81.